The molecular weight excluding hydrogens is 509 g/mol. The van der Waals surface area contributed by atoms with Crippen LogP contribution in [-0.4, -0.2) is 63.2 Å². The number of esters is 1. The lowest BCUT2D eigenvalue weighted by Gasteiger charge is -2.61. The molecule has 2 spiro atoms. The molecule has 210 valence electrons. The fourth-order valence-corrected chi connectivity index (χ4v) is 9.15. The van der Waals surface area contributed by atoms with Crippen LogP contribution >= 0.6 is 0 Å². The highest BCUT2D eigenvalue weighted by Crippen LogP contribution is 2.72. The molecule has 8 atom stereocenters. The molecule has 2 saturated carbocycles. The third-order valence-electron chi connectivity index (χ3n) is 10.7. The summed E-state index contributed by atoms with van der Waals surface area (Å²) in [5.41, 5.74) is -1.04. The van der Waals surface area contributed by atoms with E-state index < -0.39 is 46.4 Å². The van der Waals surface area contributed by atoms with Gasteiger partial charge in [0.1, 0.15) is 24.6 Å². The molecule has 0 amide bonds. The number of carbonyl (C=O) groups is 2. The number of fused-ring (bicyclic) bond motifs is 7. The van der Waals surface area contributed by atoms with Crippen LogP contribution in [0, 0.1) is 28.6 Å². The molecule has 8 nitrogen and oxygen atoms in total. The molecule has 11 heteroatoms. The van der Waals surface area contributed by atoms with Crippen molar-refractivity contribution in [3.8, 4) is 0 Å². The summed E-state index contributed by atoms with van der Waals surface area (Å²) < 4.78 is 75.3. The fraction of sp³-hybridized carbons (Fsp3) is 0.778. The Morgan fingerprint density at radius 3 is 2.58 bits per heavy atom. The third-order valence-corrected chi connectivity index (χ3v) is 10.7. The van der Waals surface area contributed by atoms with E-state index in [0.29, 0.717) is 37.7 Å². The van der Waals surface area contributed by atoms with E-state index >= 15 is 0 Å². The van der Waals surface area contributed by atoms with Gasteiger partial charge in [-0.25, -0.2) is 4.79 Å². The number of hydrogen-bond donors (Lipinski definition) is 0. The zero-order valence-electron chi connectivity index (χ0n) is 21.7. The monoisotopic (exact) mass is 542 g/mol. The van der Waals surface area contributed by atoms with Crippen molar-refractivity contribution in [2.75, 3.05) is 27.3 Å². The highest BCUT2D eigenvalue weighted by Gasteiger charge is 2.77. The molecule has 4 fully saturated rings. The van der Waals surface area contributed by atoms with Crippen LogP contribution < -0.4 is 0 Å². The van der Waals surface area contributed by atoms with Crippen LogP contribution in [0.25, 0.3) is 0 Å². The van der Waals surface area contributed by atoms with Gasteiger partial charge in [0.25, 0.3) is 0 Å². The van der Waals surface area contributed by atoms with Crippen LogP contribution in [0.1, 0.15) is 52.4 Å². The van der Waals surface area contributed by atoms with E-state index in [2.05, 4.69) is 0 Å². The van der Waals surface area contributed by atoms with Gasteiger partial charge in [0.05, 0.1) is 12.9 Å². The lowest BCUT2D eigenvalue weighted by molar-refractivity contribution is -0.262. The molecule has 0 N–H and O–H groups in total. The minimum atomic E-state index is -5.13. The Morgan fingerprint density at radius 2 is 1.92 bits per heavy atom. The molecule has 38 heavy (non-hydrogen) atoms. The van der Waals surface area contributed by atoms with Gasteiger partial charge in [-0.2, -0.15) is 13.2 Å². The molecule has 0 radical (unpaired) electrons. The third kappa shape index (κ3) is 3.31. The number of methoxy groups -OCH3 is 1. The van der Waals surface area contributed by atoms with Crippen LogP contribution in [0.3, 0.4) is 0 Å². The summed E-state index contributed by atoms with van der Waals surface area (Å²) in [5, 5.41) is 0. The number of hydrogen-bond acceptors (Lipinski definition) is 8. The van der Waals surface area contributed by atoms with E-state index in [1.165, 1.54) is 0 Å². The molecule has 0 aromatic carbocycles. The molecule has 2 saturated heterocycles. The maximum atomic E-state index is 13.5. The van der Waals surface area contributed by atoms with Crippen molar-refractivity contribution < 1.29 is 51.2 Å². The maximum Gasteiger partial charge on any atom is 0.490 e. The van der Waals surface area contributed by atoms with Gasteiger partial charge < -0.3 is 28.4 Å². The Kier molecular flexibility index (Phi) is 5.89. The summed E-state index contributed by atoms with van der Waals surface area (Å²) in [6, 6.07) is 0. The second-order valence-corrected chi connectivity index (χ2v) is 12.0. The average molecular weight is 543 g/mol. The van der Waals surface area contributed by atoms with E-state index in [1.807, 2.05) is 19.9 Å². The van der Waals surface area contributed by atoms with Gasteiger partial charge in [-0.3, -0.25) is 4.79 Å². The smallest absolute Gasteiger partial charge is 0.490 e. The summed E-state index contributed by atoms with van der Waals surface area (Å²) in [6.07, 6.45) is -0.558. The molecule has 4 aliphatic carbocycles. The van der Waals surface area contributed by atoms with Crippen LogP contribution in [-0.2, 0) is 38.0 Å². The van der Waals surface area contributed by atoms with Crippen LogP contribution in [0.4, 0.5) is 13.2 Å². The molecule has 2 heterocycles. The van der Waals surface area contributed by atoms with Crippen molar-refractivity contribution in [2.24, 2.45) is 28.6 Å². The molecular formula is C27H33F3O8. The maximum absolute atomic E-state index is 13.5. The van der Waals surface area contributed by atoms with Crippen molar-refractivity contribution in [3.05, 3.63) is 23.0 Å². The lowest BCUT2D eigenvalue weighted by Crippen LogP contribution is -2.66. The number of carbonyl (C=O) groups excluding carboxylic acids is 2. The number of ether oxygens (including phenoxy) is 6. The van der Waals surface area contributed by atoms with Crippen LogP contribution in [0.2, 0.25) is 0 Å². The van der Waals surface area contributed by atoms with E-state index in [4.69, 9.17) is 28.4 Å². The van der Waals surface area contributed by atoms with Crippen LogP contribution in [0.5, 0.6) is 0 Å². The van der Waals surface area contributed by atoms with E-state index in [0.717, 1.165) is 17.6 Å². The molecule has 0 aromatic heterocycles. The first-order valence-electron chi connectivity index (χ1n) is 13.2. The van der Waals surface area contributed by atoms with E-state index in [1.54, 1.807) is 7.11 Å². The predicted molar refractivity (Wildman–Crippen MR) is 123 cm³/mol. The minimum Gasteiger partial charge on any atom is -0.501 e. The number of alkyl halides is 3. The Labute approximate surface area is 218 Å². The van der Waals surface area contributed by atoms with E-state index in [-0.39, 0.29) is 38.4 Å². The normalized spacial score (nSPS) is 46.0. The second kappa shape index (κ2) is 8.52. The summed E-state index contributed by atoms with van der Waals surface area (Å²) in [4.78, 5) is 24.7. The Hall–Kier alpha value is -1.95. The van der Waals surface area contributed by atoms with Crippen molar-refractivity contribution >= 4 is 12.3 Å². The zero-order valence-corrected chi connectivity index (χ0v) is 21.7. The predicted octanol–water partition coefficient (Wildman–Crippen LogP) is 4.19. The molecule has 6 aliphatic rings. The van der Waals surface area contributed by atoms with Gasteiger partial charge in [0.2, 0.25) is 5.79 Å². The van der Waals surface area contributed by atoms with Gasteiger partial charge >= 0.3 is 12.1 Å². The van der Waals surface area contributed by atoms with Crippen molar-refractivity contribution in [3.63, 3.8) is 0 Å². The second-order valence-electron chi connectivity index (χ2n) is 12.0. The zero-order chi connectivity index (χ0) is 27.1. The Bertz CT molecular complexity index is 1090. The highest BCUT2D eigenvalue weighted by atomic mass is 19.4. The van der Waals surface area contributed by atoms with Gasteiger partial charge in [-0.1, -0.05) is 13.8 Å². The van der Waals surface area contributed by atoms with Gasteiger partial charge in [0.15, 0.2) is 13.6 Å². The number of halogens is 3. The molecule has 0 unspecified atom stereocenters. The standard InChI is InChI=1S/C27H33F3O8/c1-23-6-4-16(33-3)9-19(23)15(11-31)8-17-18-5-7-25(26(37-14-35-25)12-34-13-36-26)24(18,2)10-20(21(17)23)38-22(32)27(28,29)30/h9,11,17-18,20-21H,4-8,10,12-14H2,1-3H3/t17-,18+,20-,21-,23+,24+,25-,26-/m1/s1. The number of aldehydes is 1. The van der Waals surface area contributed by atoms with Crippen molar-refractivity contribution in [2.45, 2.75) is 76.0 Å². The summed E-state index contributed by atoms with van der Waals surface area (Å²) in [7, 11) is 1.56. The van der Waals surface area contributed by atoms with Crippen LogP contribution in [0.15, 0.2) is 23.0 Å². The summed E-state index contributed by atoms with van der Waals surface area (Å²) >= 11 is 0. The van der Waals surface area contributed by atoms with E-state index in [9.17, 15) is 22.8 Å². The largest absolute Gasteiger partial charge is 0.501 e. The quantitative estimate of drug-likeness (QED) is 0.388. The fourth-order valence-electron chi connectivity index (χ4n) is 9.15. The Morgan fingerprint density at radius 1 is 1.16 bits per heavy atom. The average Bonchev–Trinajstić information content (AvgIpc) is 3.57. The van der Waals surface area contributed by atoms with Crippen molar-refractivity contribution in [1.29, 1.82) is 0 Å². The molecule has 2 aliphatic heterocycles. The summed E-state index contributed by atoms with van der Waals surface area (Å²) in [6.45, 7) is 4.11. The lowest BCUT2D eigenvalue weighted by atomic mass is 9.45. The Balaban J connectivity index is 1.49. The van der Waals surface area contributed by atoms with Gasteiger partial charge in [0, 0.05) is 23.2 Å². The van der Waals surface area contributed by atoms with Crippen molar-refractivity contribution in [1.82, 2.24) is 0 Å². The highest BCUT2D eigenvalue weighted by molar-refractivity contribution is 5.78. The number of rotatable bonds is 3. The van der Waals surface area contributed by atoms with Gasteiger partial charge in [-0.15, -0.1) is 0 Å². The first-order chi connectivity index (χ1) is 17.9. The topological polar surface area (TPSA) is 89.5 Å². The number of allylic oxidation sites excluding steroid dienone is 4. The SMILES string of the molecule is COC1=CC2=C(C=O)C[C@H]3[C@H]([C@H](OC(=O)C(F)(F)F)C[C@@]4(C)[C@H]3CC[C@@]43OCO[C@]34COCO4)[C@@]2(C)CC1. The molecule has 0 aromatic rings. The summed E-state index contributed by atoms with van der Waals surface area (Å²) in [5.74, 6) is -3.33. The molecule has 0 bridgehead atoms. The molecule has 6 rings (SSSR count). The van der Waals surface area contributed by atoms with Gasteiger partial charge in [-0.05, 0) is 61.2 Å². The first-order valence-corrected chi connectivity index (χ1v) is 13.2. The first kappa shape index (κ1) is 26.3. The minimum absolute atomic E-state index is 0.0258.